The summed E-state index contributed by atoms with van der Waals surface area (Å²) in [5.74, 6) is 0. The molecule has 0 aromatic carbocycles. The number of carbonyl (C=O) groups is 1. The van der Waals surface area contributed by atoms with Gasteiger partial charge < -0.3 is 19.9 Å². The highest BCUT2D eigenvalue weighted by Crippen LogP contribution is 2.15. The van der Waals surface area contributed by atoms with Gasteiger partial charge in [-0.15, -0.1) is 0 Å². The van der Waals surface area contributed by atoms with E-state index in [0.29, 0.717) is 6.04 Å². The average molecular weight is 294 g/mol. The first-order chi connectivity index (χ1) is 9.85. The molecule has 6 heteroatoms. The van der Waals surface area contributed by atoms with Crippen LogP contribution >= 0.6 is 0 Å². The molecule has 2 rings (SSSR count). The number of nitrogens with zero attached hydrogens (tertiary/aromatic N) is 2. The number of nitrogens with one attached hydrogen (secondary N) is 2. The van der Waals surface area contributed by atoms with Gasteiger partial charge in [0.15, 0.2) is 0 Å². The zero-order chi connectivity index (χ0) is 15.5. The molecule has 0 atom stereocenters. The number of rotatable bonds is 3. The highest BCUT2D eigenvalue weighted by Gasteiger charge is 2.26. The predicted molar refractivity (Wildman–Crippen MR) is 81.0 cm³/mol. The molecule has 1 amide bonds. The topological polar surface area (TPSA) is 70.2 Å². The Morgan fingerprint density at radius 2 is 2.14 bits per heavy atom. The number of amides is 1. The molecule has 0 saturated carbocycles. The molecule has 2 N–H and O–H groups in total. The summed E-state index contributed by atoms with van der Waals surface area (Å²) >= 11 is 0. The average Bonchev–Trinajstić information content (AvgIpc) is 2.80. The van der Waals surface area contributed by atoms with Gasteiger partial charge in [0.25, 0.3) is 0 Å². The fraction of sp³-hybridized carbons (Fsp3) is 0.733. The van der Waals surface area contributed by atoms with Crippen molar-refractivity contribution >= 4 is 6.09 Å². The molecule has 0 radical (unpaired) electrons. The maximum atomic E-state index is 12.0. The van der Waals surface area contributed by atoms with E-state index in [1.165, 1.54) is 0 Å². The van der Waals surface area contributed by atoms with Crippen LogP contribution < -0.4 is 5.32 Å². The Balaban J connectivity index is 1.73. The first kappa shape index (κ1) is 15.8. The number of carbonyl (C=O) groups excluding carboxylic acids is 1. The summed E-state index contributed by atoms with van der Waals surface area (Å²) in [5, 5.41) is 3.51. The summed E-state index contributed by atoms with van der Waals surface area (Å²) in [6, 6.07) is 0.430. The van der Waals surface area contributed by atoms with E-state index >= 15 is 0 Å². The Hall–Kier alpha value is -1.56. The molecule has 0 unspecified atom stereocenters. The van der Waals surface area contributed by atoms with Gasteiger partial charge in [0, 0.05) is 31.4 Å². The Kier molecular flexibility index (Phi) is 4.88. The van der Waals surface area contributed by atoms with Crippen LogP contribution in [-0.4, -0.2) is 45.7 Å². The van der Waals surface area contributed by atoms with Crippen LogP contribution in [0.4, 0.5) is 4.79 Å². The molecule has 0 aliphatic carbocycles. The second-order valence-corrected chi connectivity index (χ2v) is 6.60. The number of hydrogen-bond donors (Lipinski definition) is 2. The van der Waals surface area contributed by atoms with Crippen molar-refractivity contribution in [2.24, 2.45) is 0 Å². The number of ether oxygens (including phenoxy) is 1. The van der Waals surface area contributed by atoms with E-state index in [4.69, 9.17) is 4.74 Å². The van der Waals surface area contributed by atoms with E-state index in [1.807, 2.05) is 27.7 Å². The summed E-state index contributed by atoms with van der Waals surface area (Å²) < 4.78 is 5.40. The second kappa shape index (κ2) is 6.47. The summed E-state index contributed by atoms with van der Waals surface area (Å²) in [4.78, 5) is 21.1. The fourth-order valence-corrected chi connectivity index (χ4v) is 2.40. The van der Waals surface area contributed by atoms with Crippen molar-refractivity contribution in [1.82, 2.24) is 20.2 Å². The van der Waals surface area contributed by atoms with Crippen molar-refractivity contribution in [3.8, 4) is 0 Å². The van der Waals surface area contributed by atoms with E-state index in [2.05, 4.69) is 15.3 Å². The molecule has 1 fully saturated rings. The number of aromatic nitrogens is 2. The van der Waals surface area contributed by atoms with Crippen LogP contribution in [0.15, 0.2) is 6.33 Å². The maximum Gasteiger partial charge on any atom is 0.410 e. The van der Waals surface area contributed by atoms with Crippen LogP contribution in [-0.2, 0) is 11.3 Å². The number of H-pyrrole nitrogens is 1. The highest BCUT2D eigenvalue weighted by atomic mass is 16.6. The number of hydrogen-bond acceptors (Lipinski definition) is 4. The summed E-state index contributed by atoms with van der Waals surface area (Å²) in [5.41, 5.74) is 1.74. The number of aromatic amines is 1. The Morgan fingerprint density at radius 1 is 1.48 bits per heavy atom. The van der Waals surface area contributed by atoms with Gasteiger partial charge in [-0.3, -0.25) is 0 Å². The third-order valence-electron chi connectivity index (χ3n) is 3.64. The first-order valence-electron chi connectivity index (χ1n) is 7.55. The fourth-order valence-electron chi connectivity index (χ4n) is 2.40. The van der Waals surface area contributed by atoms with E-state index in [0.717, 1.165) is 43.9 Å². The van der Waals surface area contributed by atoms with Crippen molar-refractivity contribution in [1.29, 1.82) is 0 Å². The van der Waals surface area contributed by atoms with E-state index in [9.17, 15) is 4.79 Å². The maximum absolute atomic E-state index is 12.0. The second-order valence-electron chi connectivity index (χ2n) is 6.60. The smallest absolute Gasteiger partial charge is 0.410 e. The molecule has 21 heavy (non-hydrogen) atoms. The Bertz CT molecular complexity index is 470. The number of aryl methyl sites for hydroxylation is 1. The van der Waals surface area contributed by atoms with Crippen molar-refractivity contribution in [2.75, 3.05) is 13.1 Å². The molecule has 118 valence electrons. The molecule has 1 saturated heterocycles. The lowest BCUT2D eigenvalue weighted by atomic mass is 10.1. The minimum atomic E-state index is -0.427. The lowest BCUT2D eigenvalue weighted by Gasteiger charge is -2.33. The van der Waals surface area contributed by atoms with Crippen molar-refractivity contribution in [3.05, 3.63) is 17.7 Å². The molecule has 6 nitrogen and oxygen atoms in total. The summed E-state index contributed by atoms with van der Waals surface area (Å²) in [7, 11) is 0. The van der Waals surface area contributed by atoms with Crippen molar-refractivity contribution in [3.63, 3.8) is 0 Å². The van der Waals surface area contributed by atoms with E-state index in [-0.39, 0.29) is 6.09 Å². The van der Waals surface area contributed by atoms with Crippen LogP contribution in [0.1, 0.15) is 45.0 Å². The largest absolute Gasteiger partial charge is 0.444 e. The summed E-state index contributed by atoms with van der Waals surface area (Å²) in [6.07, 6.45) is 3.41. The van der Waals surface area contributed by atoms with Crippen molar-refractivity contribution < 1.29 is 9.53 Å². The Labute approximate surface area is 126 Å². The van der Waals surface area contributed by atoms with E-state index in [1.54, 1.807) is 11.2 Å². The molecule has 0 spiro atoms. The van der Waals surface area contributed by atoms with Gasteiger partial charge in [-0.2, -0.15) is 0 Å². The van der Waals surface area contributed by atoms with Gasteiger partial charge in [-0.25, -0.2) is 9.78 Å². The van der Waals surface area contributed by atoms with Crippen LogP contribution in [0.25, 0.3) is 0 Å². The SMILES string of the molecule is Cc1[nH]cnc1CNC1CCN(C(=O)OC(C)(C)C)CC1. The molecular formula is C15H26N4O2. The summed E-state index contributed by atoms with van der Waals surface area (Å²) in [6.45, 7) is 9.96. The van der Waals surface area contributed by atoms with Gasteiger partial charge in [0.1, 0.15) is 5.60 Å². The third kappa shape index (κ3) is 4.74. The number of piperidine rings is 1. The van der Waals surface area contributed by atoms with Gasteiger partial charge in [0.2, 0.25) is 0 Å². The van der Waals surface area contributed by atoms with Crippen LogP contribution in [0.2, 0.25) is 0 Å². The van der Waals surface area contributed by atoms with Gasteiger partial charge in [-0.1, -0.05) is 0 Å². The first-order valence-corrected chi connectivity index (χ1v) is 7.55. The molecule has 0 bridgehead atoms. The zero-order valence-corrected chi connectivity index (χ0v) is 13.4. The normalized spacial score (nSPS) is 17.0. The molecular weight excluding hydrogens is 268 g/mol. The highest BCUT2D eigenvalue weighted by molar-refractivity contribution is 5.68. The predicted octanol–water partition coefficient (Wildman–Crippen LogP) is 2.21. The standard InChI is InChI=1S/C15H26N4O2/c1-11-13(18-10-17-11)9-16-12-5-7-19(8-6-12)14(20)21-15(2,3)4/h10,12,16H,5-9H2,1-4H3,(H,17,18). The minimum Gasteiger partial charge on any atom is -0.444 e. The van der Waals surface area contributed by atoms with Gasteiger partial charge in [0.05, 0.1) is 12.0 Å². The van der Waals surface area contributed by atoms with Gasteiger partial charge >= 0.3 is 6.09 Å². The third-order valence-corrected chi connectivity index (χ3v) is 3.64. The number of likely N-dealkylation sites (tertiary alicyclic amines) is 1. The monoisotopic (exact) mass is 294 g/mol. The molecule has 1 aromatic rings. The quantitative estimate of drug-likeness (QED) is 0.896. The minimum absolute atomic E-state index is 0.205. The van der Waals surface area contributed by atoms with Crippen LogP contribution in [0, 0.1) is 6.92 Å². The van der Waals surface area contributed by atoms with E-state index < -0.39 is 5.60 Å². The van der Waals surface area contributed by atoms with Gasteiger partial charge in [-0.05, 0) is 40.5 Å². The zero-order valence-electron chi connectivity index (χ0n) is 13.4. The molecule has 1 aliphatic heterocycles. The lowest BCUT2D eigenvalue weighted by Crippen LogP contribution is -2.46. The van der Waals surface area contributed by atoms with Crippen LogP contribution in [0.3, 0.4) is 0 Å². The lowest BCUT2D eigenvalue weighted by molar-refractivity contribution is 0.0198. The number of imidazole rings is 1. The molecule has 1 aromatic heterocycles. The molecule has 1 aliphatic rings. The molecule has 2 heterocycles. The van der Waals surface area contributed by atoms with Crippen molar-refractivity contribution in [2.45, 2.75) is 58.7 Å². The Morgan fingerprint density at radius 3 is 2.67 bits per heavy atom. The van der Waals surface area contributed by atoms with Crippen LogP contribution in [0.5, 0.6) is 0 Å².